The first-order valence-corrected chi connectivity index (χ1v) is 13.4. The minimum Gasteiger partial charge on any atom is -0.444 e. The second-order valence-corrected chi connectivity index (χ2v) is 11.2. The second kappa shape index (κ2) is 14.2. The van der Waals surface area contributed by atoms with Gasteiger partial charge < -0.3 is 20.3 Å². The summed E-state index contributed by atoms with van der Waals surface area (Å²) in [7, 11) is 0. The van der Waals surface area contributed by atoms with Gasteiger partial charge in [0.25, 0.3) is 0 Å². The Morgan fingerprint density at radius 1 is 1.00 bits per heavy atom. The van der Waals surface area contributed by atoms with E-state index < -0.39 is 23.8 Å². The maximum Gasteiger partial charge on any atom is 0.408 e. The van der Waals surface area contributed by atoms with Crippen molar-refractivity contribution < 1.29 is 19.1 Å². The number of benzene rings is 1. The summed E-state index contributed by atoms with van der Waals surface area (Å²) < 4.78 is 5.44. The number of alkyl carbamates (subject to hydrolysis) is 1. The molecule has 0 aromatic heterocycles. The molecule has 0 aliphatic rings. The Hall–Kier alpha value is -2.57. The van der Waals surface area contributed by atoms with Gasteiger partial charge in [0, 0.05) is 12.6 Å². The lowest BCUT2D eigenvalue weighted by Gasteiger charge is -2.36. The summed E-state index contributed by atoms with van der Waals surface area (Å²) in [5.41, 5.74) is 2.08. The van der Waals surface area contributed by atoms with Crippen molar-refractivity contribution in [2.75, 3.05) is 6.54 Å². The van der Waals surface area contributed by atoms with Gasteiger partial charge in [0.05, 0.1) is 0 Å². The van der Waals surface area contributed by atoms with E-state index in [0.717, 1.165) is 42.4 Å². The van der Waals surface area contributed by atoms with Crippen LogP contribution in [-0.2, 0) is 14.3 Å². The van der Waals surface area contributed by atoms with Gasteiger partial charge in [-0.2, -0.15) is 0 Å². The van der Waals surface area contributed by atoms with Gasteiger partial charge in [-0.15, -0.1) is 0 Å². The van der Waals surface area contributed by atoms with Crippen molar-refractivity contribution in [1.29, 1.82) is 0 Å². The number of hydrogen-bond acceptors (Lipinski definition) is 4. The van der Waals surface area contributed by atoms with Crippen LogP contribution >= 0.6 is 0 Å². The minimum absolute atomic E-state index is 0.0148. The molecule has 1 rings (SSSR count). The number of amides is 3. The van der Waals surface area contributed by atoms with E-state index in [2.05, 4.69) is 24.5 Å². The van der Waals surface area contributed by atoms with Crippen molar-refractivity contribution in [1.82, 2.24) is 15.5 Å². The number of hydrogen-bond donors (Lipinski definition) is 2. The molecule has 3 atom stereocenters. The molecule has 0 saturated carbocycles. The highest BCUT2D eigenvalue weighted by Crippen LogP contribution is 2.28. The van der Waals surface area contributed by atoms with E-state index in [1.165, 1.54) is 0 Å². The average molecular weight is 504 g/mol. The van der Waals surface area contributed by atoms with Gasteiger partial charge in [-0.1, -0.05) is 64.3 Å². The van der Waals surface area contributed by atoms with E-state index in [-0.39, 0.29) is 23.8 Å². The zero-order valence-electron chi connectivity index (χ0n) is 24.2. The van der Waals surface area contributed by atoms with Crippen LogP contribution in [0.1, 0.15) is 104 Å². The molecule has 7 heteroatoms. The number of nitrogens with one attached hydrogen (secondary N) is 2. The van der Waals surface area contributed by atoms with E-state index in [1.54, 1.807) is 25.7 Å². The van der Waals surface area contributed by atoms with Crippen LogP contribution in [-0.4, -0.2) is 47.0 Å². The van der Waals surface area contributed by atoms with Crippen molar-refractivity contribution in [3.05, 3.63) is 34.9 Å². The summed E-state index contributed by atoms with van der Waals surface area (Å²) in [6, 6.07) is 4.34. The third kappa shape index (κ3) is 9.82. The van der Waals surface area contributed by atoms with Crippen LogP contribution in [0.15, 0.2) is 18.2 Å². The average Bonchev–Trinajstić information content (AvgIpc) is 2.75. The molecule has 1 aromatic carbocycles. The molecule has 0 radical (unpaired) electrons. The van der Waals surface area contributed by atoms with Crippen molar-refractivity contribution >= 4 is 17.9 Å². The molecule has 0 aliphatic heterocycles. The van der Waals surface area contributed by atoms with Crippen LogP contribution < -0.4 is 10.6 Å². The standard InChI is InChI=1S/C29H49N3O4/c1-11-13-17-32(27(34)24(19(3)4)31-28(35)36-29(8,9)10)25(26(33)30-22(7)14-12-2)23-18-20(5)15-16-21(23)6/h15-16,18-19,22,24-25H,11-14,17H2,1-10H3,(H,30,33)(H,31,35). The number of unbranched alkanes of at least 4 members (excludes halogenated alkanes) is 1. The van der Waals surface area contributed by atoms with E-state index in [4.69, 9.17) is 4.74 Å². The van der Waals surface area contributed by atoms with Gasteiger partial charge in [0.1, 0.15) is 17.7 Å². The first-order chi connectivity index (χ1) is 16.7. The molecule has 1 aromatic rings. The van der Waals surface area contributed by atoms with Gasteiger partial charge in [0.2, 0.25) is 11.8 Å². The summed E-state index contributed by atoms with van der Waals surface area (Å²) in [5, 5.41) is 5.91. The number of rotatable bonds is 12. The number of carbonyl (C=O) groups is 3. The molecular formula is C29H49N3O4. The fourth-order valence-electron chi connectivity index (χ4n) is 4.15. The third-order valence-electron chi connectivity index (χ3n) is 6.04. The highest BCUT2D eigenvalue weighted by Gasteiger charge is 2.38. The zero-order valence-corrected chi connectivity index (χ0v) is 24.2. The fraction of sp³-hybridized carbons (Fsp3) is 0.690. The molecule has 0 saturated heterocycles. The first-order valence-electron chi connectivity index (χ1n) is 13.4. The summed E-state index contributed by atoms with van der Waals surface area (Å²) in [6.45, 7) is 19.6. The van der Waals surface area contributed by atoms with Gasteiger partial charge in [-0.3, -0.25) is 9.59 Å². The topological polar surface area (TPSA) is 87.7 Å². The molecule has 0 heterocycles. The Kier molecular flexibility index (Phi) is 12.4. The quantitative estimate of drug-likeness (QED) is 0.376. The Morgan fingerprint density at radius 2 is 1.64 bits per heavy atom. The third-order valence-corrected chi connectivity index (χ3v) is 6.04. The molecular weight excluding hydrogens is 454 g/mol. The van der Waals surface area contributed by atoms with Crippen LogP contribution in [0.25, 0.3) is 0 Å². The predicted molar refractivity (Wildman–Crippen MR) is 146 cm³/mol. The number of nitrogens with zero attached hydrogens (tertiary/aromatic N) is 1. The van der Waals surface area contributed by atoms with Crippen LogP contribution in [0.3, 0.4) is 0 Å². The molecule has 0 bridgehead atoms. The molecule has 36 heavy (non-hydrogen) atoms. The van der Waals surface area contributed by atoms with Crippen molar-refractivity contribution in [3.8, 4) is 0 Å². The summed E-state index contributed by atoms with van der Waals surface area (Å²) in [6.07, 6.45) is 2.76. The smallest absolute Gasteiger partial charge is 0.408 e. The Labute approximate surface area is 218 Å². The molecule has 2 N–H and O–H groups in total. The molecule has 0 spiro atoms. The fourth-order valence-corrected chi connectivity index (χ4v) is 4.15. The van der Waals surface area contributed by atoms with Crippen molar-refractivity contribution in [2.45, 2.75) is 119 Å². The SMILES string of the molecule is CCCCN(C(=O)C(NC(=O)OC(C)(C)C)C(C)C)C(C(=O)NC(C)CCC)c1cc(C)ccc1C. The lowest BCUT2D eigenvalue weighted by atomic mass is 9.94. The predicted octanol–water partition coefficient (Wildman–Crippen LogP) is 5.83. The van der Waals surface area contributed by atoms with Crippen molar-refractivity contribution in [3.63, 3.8) is 0 Å². The Morgan fingerprint density at radius 3 is 2.17 bits per heavy atom. The monoisotopic (exact) mass is 503 g/mol. The number of carbonyl (C=O) groups excluding carboxylic acids is 3. The van der Waals surface area contributed by atoms with Gasteiger partial charge in [-0.25, -0.2) is 4.79 Å². The van der Waals surface area contributed by atoms with Gasteiger partial charge in [0.15, 0.2) is 0 Å². The Balaban J connectivity index is 3.53. The molecule has 7 nitrogen and oxygen atoms in total. The van der Waals surface area contributed by atoms with E-state index >= 15 is 0 Å². The number of ether oxygens (including phenoxy) is 1. The molecule has 0 aliphatic carbocycles. The minimum atomic E-state index is -0.829. The van der Waals surface area contributed by atoms with Gasteiger partial charge in [-0.05, 0) is 71.4 Å². The summed E-state index contributed by atoms with van der Waals surface area (Å²) in [4.78, 5) is 42.2. The van der Waals surface area contributed by atoms with E-state index in [9.17, 15) is 14.4 Å². The maximum absolute atomic E-state index is 14.1. The van der Waals surface area contributed by atoms with Crippen LogP contribution in [0, 0.1) is 19.8 Å². The molecule has 204 valence electrons. The number of aryl methyl sites for hydroxylation is 2. The first kappa shape index (κ1) is 31.5. The molecule has 0 fully saturated rings. The lowest BCUT2D eigenvalue weighted by Crippen LogP contribution is -2.55. The summed E-state index contributed by atoms with van der Waals surface area (Å²) >= 11 is 0. The van der Waals surface area contributed by atoms with Crippen LogP contribution in [0.4, 0.5) is 4.79 Å². The largest absolute Gasteiger partial charge is 0.444 e. The second-order valence-electron chi connectivity index (χ2n) is 11.2. The van der Waals surface area contributed by atoms with Crippen LogP contribution in [0.5, 0.6) is 0 Å². The Bertz CT molecular complexity index is 876. The zero-order chi connectivity index (χ0) is 27.6. The summed E-state index contributed by atoms with van der Waals surface area (Å²) in [5.74, 6) is -0.683. The normalized spacial score (nSPS) is 14.1. The van der Waals surface area contributed by atoms with Crippen molar-refractivity contribution in [2.24, 2.45) is 5.92 Å². The molecule has 3 unspecified atom stereocenters. The van der Waals surface area contributed by atoms with E-state index in [1.807, 2.05) is 52.8 Å². The highest BCUT2D eigenvalue weighted by molar-refractivity contribution is 5.92. The maximum atomic E-state index is 14.1. The van der Waals surface area contributed by atoms with E-state index in [0.29, 0.717) is 6.54 Å². The lowest BCUT2D eigenvalue weighted by molar-refractivity contribution is -0.143. The highest BCUT2D eigenvalue weighted by atomic mass is 16.6. The van der Waals surface area contributed by atoms with Crippen LogP contribution in [0.2, 0.25) is 0 Å². The molecule has 3 amide bonds. The van der Waals surface area contributed by atoms with Gasteiger partial charge >= 0.3 is 6.09 Å².